The summed E-state index contributed by atoms with van der Waals surface area (Å²) in [6, 6.07) is 10.5. The molecule has 5 rings (SSSR count). The Morgan fingerprint density at radius 2 is 1.79 bits per heavy atom. The summed E-state index contributed by atoms with van der Waals surface area (Å²) in [5, 5.41) is 4.92. The smallest absolute Gasteiger partial charge is 0.132 e. The first-order chi connectivity index (χ1) is 18.5. The van der Waals surface area contributed by atoms with Crippen molar-refractivity contribution >= 4 is 11.2 Å². The van der Waals surface area contributed by atoms with Gasteiger partial charge in [-0.25, -0.2) is 4.52 Å². The van der Waals surface area contributed by atoms with E-state index in [4.69, 9.17) is 24.0 Å². The van der Waals surface area contributed by atoms with E-state index in [1.165, 1.54) is 18.5 Å². The van der Waals surface area contributed by atoms with Gasteiger partial charge in [0.2, 0.25) is 0 Å². The van der Waals surface area contributed by atoms with E-state index in [1.54, 1.807) is 14.2 Å². The second kappa shape index (κ2) is 12.0. The van der Waals surface area contributed by atoms with E-state index in [-0.39, 0.29) is 6.10 Å². The van der Waals surface area contributed by atoms with Gasteiger partial charge in [0.25, 0.3) is 0 Å². The van der Waals surface area contributed by atoms with Crippen molar-refractivity contribution < 1.29 is 18.9 Å². The number of methoxy groups -OCH3 is 2. The number of aromatic nitrogens is 2. The average Bonchev–Trinajstić information content (AvgIpc) is 3.65. The first-order valence-corrected chi connectivity index (χ1v) is 14.2. The van der Waals surface area contributed by atoms with Crippen LogP contribution in [0.1, 0.15) is 58.4 Å². The molecule has 1 saturated carbocycles. The normalized spacial score (nSPS) is 19.7. The Labute approximate surface area is 227 Å². The average molecular weight is 522 g/mol. The number of pyridine rings is 1. The van der Waals surface area contributed by atoms with E-state index >= 15 is 0 Å². The quantitative estimate of drug-likeness (QED) is 0.276. The summed E-state index contributed by atoms with van der Waals surface area (Å²) < 4.78 is 25.6. The van der Waals surface area contributed by atoms with Crippen LogP contribution in [-0.4, -0.2) is 55.7 Å². The van der Waals surface area contributed by atoms with Crippen LogP contribution in [0, 0.1) is 11.8 Å². The van der Waals surface area contributed by atoms with Crippen LogP contribution in [0.4, 0.5) is 5.69 Å². The summed E-state index contributed by atoms with van der Waals surface area (Å²) >= 11 is 0. The summed E-state index contributed by atoms with van der Waals surface area (Å²) in [6.07, 6.45) is 8.59. The van der Waals surface area contributed by atoms with Gasteiger partial charge >= 0.3 is 0 Å². The van der Waals surface area contributed by atoms with Gasteiger partial charge in [0.05, 0.1) is 61.7 Å². The molecule has 7 heteroatoms. The van der Waals surface area contributed by atoms with Gasteiger partial charge in [0.1, 0.15) is 11.5 Å². The molecule has 7 nitrogen and oxygen atoms in total. The zero-order chi connectivity index (χ0) is 26.6. The summed E-state index contributed by atoms with van der Waals surface area (Å²) in [4.78, 5) is 2.59. The highest BCUT2D eigenvalue weighted by Crippen LogP contribution is 2.41. The number of ether oxygens (including phenoxy) is 4. The minimum atomic E-state index is 0.149. The molecule has 2 fully saturated rings. The number of rotatable bonds is 12. The molecule has 0 bridgehead atoms. The van der Waals surface area contributed by atoms with Crippen LogP contribution in [0.2, 0.25) is 0 Å². The highest BCUT2D eigenvalue weighted by Gasteiger charge is 2.30. The largest absolute Gasteiger partial charge is 0.496 e. The van der Waals surface area contributed by atoms with Crippen molar-refractivity contribution in [3.63, 3.8) is 0 Å². The van der Waals surface area contributed by atoms with Gasteiger partial charge in [-0.3, -0.25) is 0 Å². The molecule has 2 aromatic heterocycles. The predicted octanol–water partition coefficient (Wildman–Crippen LogP) is 6.37. The standard InChI is InChI=1S/C31H43N3O4/c1-6-25-14-23(12-13-37-25)19-33(18-22-10-11-22)28-17-32-34-26(28)8-7-9-27(34)31-29(35-4)15-24(16-30(31)36-5)20-38-21(2)3/h7-9,15-17,21-23,25H,6,10-14,18-20H2,1-5H3. The molecular weight excluding hydrogens is 478 g/mol. The van der Waals surface area contributed by atoms with Crippen LogP contribution in [0.25, 0.3) is 16.8 Å². The second-order valence-electron chi connectivity index (χ2n) is 11.1. The van der Waals surface area contributed by atoms with Crippen LogP contribution in [0.3, 0.4) is 0 Å². The lowest BCUT2D eigenvalue weighted by Gasteiger charge is -2.34. The third-order valence-electron chi connectivity index (χ3n) is 7.85. The van der Waals surface area contributed by atoms with Crippen molar-refractivity contribution in [1.29, 1.82) is 0 Å². The number of anilines is 1. The Hall–Kier alpha value is -2.77. The SMILES string of the molecule is CCC1CC(CN(CC2CC2)c2cnn3c(-c4c(OC)cc(COC(C)C)cc4OC)cccc23)CCO1. The molecule has 2 atom stereocenters. The Morgan fingerprint density at radius 3 is 2.45 bits per heavy atom. The monoisotopic (exact) mass is 521 g/mol. The number of hydrogen-bond donors (Lipinski definition) is 0. The van der Waals surface area contributed by atoms with Crippen molar-refractivity contribution in [3.05, 3.63) is 42.1 Å². The molecule has 0 amide bonds. The van der Waals surface area contributed by atoms with Crippen molar-refractivity contribution in [1.82, 2.24) is 9.61 Å². The lowest BCUT2D eigenvalue weighted by Crippen LogP contribution is -2.36. The van der Waals surface area contributed by atoms with Gasteiger partial charge < -0.3 is 23.8 Å². The summed E-state index contributed by atoms with van der Waals surface area (Å²) in [7, 11) is 3.41. The zero-order valence-corrected chi connectivity index (χ0v) is 23.6. The number of benzene rings is 1. The van der Waals surface area contributed by atoms with Crippen molar-refractivity contribution in [2.24, 2.45) is 11.8 Å². The third-order valence-corrected chi connectivity index (χ3v) is 7.85. The maximum atomic E-state index is 5.97. The van der Waals surface area contributed by atoms with E-state index < -0.39 is 0 Å². The molecular formula is C31H43N3O4. The minimum Gasteiger partial charge on any atom is -0.496 e. The summed E-state index contributed by atoms with van der Waals surface area (Å²) in [6.45, 7) is 9.83. The minimum absolute atomic E-state index is 0.149. The highest BCUT2D eigenvalue weighted by molar-refractivity contribution is 5.81. The van der Waals surface area contributed by atoms with E-state index in [2.05, 4.69) is 30.0 Å². The topological polar surface area (TPSA) is 57.5 Å². The van der Waals surface area contributed by atoms with Crippen LogP contribution >= 0.6 is 0 Å². The predicted molar refractivity (Wildman–Crippen MR) is 151 cm³/mol. The van der Waals surface area contributed by atoms with Crippen molar-refractivity contribution in [2.45, 2.75) is 71.7 Å². The van der Waals surface area contributed by atoms with Gasteiger partial charge in [-0.15, -0.1) is 0 Å². The molecule has 38 heavy (non-hydrogen) atoms. The number of nitrogens with zero attached hydrogens (tertiary/aromatic N) is 3. The first kappa shape index (κ1) is 26.8. The molecule has 0 spiro atoms. The fourth-order valence-electron chi connectivity index (χ4n) is 5.60. The van der Waals surface area contributed by atoms with Gasteiger partial charge in [-0.05, 0) is 87.6 Å². The van der Waals surface area contributed by atoms with E-state index in [0.717, 1.165) is 78.7 Å². The van der Waals surface area contributed by atoms with Gasteiger partial charge in [0, 0.05) is 19.7 Å². The lowest BCUT2D eigenvalue weighted by atomic mass is 9.93. The van der Waals surface area contributed by atoms with Crippen LogP contribution < -0.4 is 14.4 Å². The van der Waals surface area contributed by atoms with Crippen LogP contribution in [0.5, 0.6) is 11.5 Å². The van der Waals surface area contributed by atoms with Gasteiger partial charge in [0.15, 0.2) is 0 Å². The first-order valence-electron chi connectivity index (χ1n) is 14.2. The molecule has 206 valence electrons. The van der Waals surface area contributed by atoms with Gasteiger partial charge in [-0.1, -0.05) is 13.0 Å². The third kappa shape index (κ3) is 5.94. The summed E-state index contributed by atoms with van der Waals surface area (Å²) in [5.74, 6) is 2.93. The fourth-order valence-corrected chi connectivity index (χ4v) is 5.60. The molecule has 1 aliphatic carbocycles. The molecule has 0 N–H and O–H groups in total. The lowest BCUT2D eigenvalue weighted by molar-refractivity contribution is -0.00877. The van der Waals surface area contributed by atoms with E-state index in [0.29, 0.717) is 18.6 Å². The second-order valence-corrected chi connectivity index (χ2v) is 11.1. The highest BCUT2D eigenvalue weighted by atomic mass is 16.5. The molecule has 3 aromatic rings. The molecule has 0 radical (unpaired) electrons. The maximum absolute atomic E-state index is 5.97. The van der Waals surface area contributed by atoms with Crippen molar-refractivity contribution in [2.75, 3.05) is 38.8 Å². The van der Waals surface area contributed by atoms with Crippen LogP contribution in [-0.2, 0) is 16.1 Å². The Balaban J connectivity index is 1.50. The van der Waals surface area contributed by atoms with Crippen LogP contribution in [0.15, 0.2) is 36.5 Å². The number of hydrogen-bond acceptors (Lipinski definition) is 6. The Bertz CT molecular complexity index is 1190. The molecule has 1 saturated heterocycles. The Kier molecular flexibility index (Phi) is 8.44. The summed E-state index contributed by atoms with van der Waals surface area (Å²) in [5.41, 5.74) is 5.17. The molecule has 1 aromatic carbocycles. The Morgan fingerprint density at radius 1 is 1.05 bits per heavy atom. The molecule has 3 heterocycles. The molecule has 1 aliphatic heterocycles. The van der Waals surface area contributed by atoms with Gasteiger partial charge in [-0.2, -0.15) is 5.10 Å². The van der Waals surface area contributed by atoms with Crippen molar-refractivity contribution in [3.8, 4) is 22.8 Å². The molecule has 2 unspecified atom stereocenters. The fraction of sp³-hybridized carbons (Fsp3) is 0.581. The molecule has 2 aliphatic rings. The van der Waals surface area contributed by atoms with E-state index in [9.17, 15) is 0 Å². The maximum Gasteiger partial charge on any atom is 0.132 e. The number of fused-ring (bicyclic) bond motifs is 1. The van der Waals surface area contributed by atoms with E-state index in [1.807, 2.05) is 36.7 Å². The zero-order valence-electron chi connectivity index (χ0n) is 23.6.